The van der Waals surface area contributed by atoms with Crippen molar-refractivity contribution in [3.63, 3.8) is 0 Å². The molecule has 4 heteroatoms. The first-order valence-corrected chi connectivity index (χ1v) is 12.3. The summed E-state index contributed by atoms with van der Waals surface area (Å²) in [5, 5.41) is 5.01. The van der Waals surface area contributed by atoms with Crippen molar-refractivity contribution >= 4 is 16.9 Å². The van der Waals surface area contributed by atoms with E-state index >= 15 is 0 Å². The first-order chi connectivity index (χ1) is 16.0. The summed E-state index contributed by atoms with van der Waals surface area (Å²) in [6.07, 6.45) is 4.96. The van der Waals surface area contributed by atoms with Gasteiger partial charge in [0.25, 0.3) is 0 Å². The summed E-state index contributed by atoms with van der Waals surface area (Å²) >= 11 is 0. The topological polar surface area (TPSA) is 42.7 Å². The van der Waals surface area contributed by atoms with Crippen LogP contribution in [0.15, 0.2) is 60.7 Å². The molecule has 0 aliphatic heterocycles. The van der Waals surface area contributed by atoms with Gasteiger partial charge in [-0.15, -0.1) is 0 Å². The van der Waals surface area contributed by atoms with Gasteiger partial charge in [0, 0.05) is 17.3 Å². The number of nitrogens with one attached hydrogen (secondary N) is 1. The third-order valence-corrected chi connectivity index (χ3v) is 7.46. The molecule has 1 N–H and O–H groups in total. The van der Waals surface area contributed by atoms with Gasteiger partial charge in [-0.1, -0.05) is 67.6 Å². The molecule has 0 amide bonds. The second kappa shape index (κ2) is 9.01. The van der Waals surface area contributed by atoms with E-state index in [2.05, 4.69) is 92.2 Å². The minimum absolute atomic E-state index is 0.185. The molecular weight excluding hydrogens is 404 g/mol. The van der Waals surface area contributed by atoms with Gasteiger partial charge in [-0.05, 0) is 63.5 Å². The third kappa shape index (κ3) is 4.15. The maximum atomic E-state index is 5.15. The van der Waals surface area contributed by atoms with E-state index in [1.165, 1.54) is 42.5 Å². The number of aryl methyl sites for hydroxylation is 1. The molecule has 33 heavy (non-hydrogen) atoms. The van der Waals surface area contributed by atoms with Gasteiger partial charge in [0.15, 0.2) is 5.82 Å². The van der Waals surface area contributed by atoms with Crippen molar-refractivity contribution in [2.24, 2.45) is 5.92 Å². The normalized spacial score (nSPS) is 19.5. The van der Waals surface area contributed by atoms with E-state index in [1.54, 1.807) is 0 Å². The summed E-state index contributed by atoms with van der Waals surface area (Å²) in [4.78, 5) is 10.2. The van der Waals surface area contributed by atoms with Crippen molar-refractivity contribution in [1.29, 1.82) is 0 Å². The van der Waals surface area contributed by atoms with Gasteiger partial charge < -0.3 is 9.88 Å². The molecular formula is C29H34N4. The van der Waals surface area contributed by atoms with Crippen molar-refractivity contribution < 1.29 is 0 Å². The van der Waals surface area contributed by atoms with E-state index in [4.69, 9.17) is 9.97 Å². The zero-order valence-corrected chi connectivity index (χ0v) is 20.2. The summed E-state index contributed by atoms with van der Waals surface area (Å²) < 4.78 is 2.39. The molecule has 2 aromatic heterocycles. The molecule has 1 saturated carbocycles. The Labute approximate surface area is 197 Å². The molecule has 170 valence electrons. The third-order valence-electron chi connectivity index (χ3n) is 7.46. The van der Waals surface area contributed by atoms with Crippen molar-refractivity contribution in [1.82, 2.24) is 14.5 Å². The van der Waals surface area contributed by atoms with Crippen LogP contribution in [0.1, 0.15) is 62.4 Å². The van der Waals surface area contributed by atoms with E-state index in [-0.39, 0.29) is 6.04 Å². The highest BCUT2D eigenvalue weighted by Crippen LogP contribution is 2.36. The Morgan fingerprint density at radius 1 is 0.879 bits per heavy atom. The van der Waals surface area contributed by atoms with Gasteiger partial charge in [-0.2, -0.15) is 0 Å². The minimum Gasteiger partial charge on any atom is -0.367 e. The summed E-state index contributed by atoms with van der Waals surface area (Å²) in [6, 6.07) is 21.7. The van der Waals surface area contributed by atoms with Gasteiger partial charge in [0.2, 0.25) is 0 Å². The highest BCUT2D eigenvalue weighted by Gasteiger charge is 2.25. The van der Waals surface area contributed by atoms with Crippen molar-refractivity contribution in [2.45, 2.75) is 65.5 Å². The average Bonchev–Trinajstić information content (AvgIpc) is 3.11. The molecule has 0 spiro atoms. The number of anilines is 1. The van der Waals surface area contributed by atoms with Crippen LogP contribution in [-0.2, 0) is 0 Å². The maximum Gasteiger partial charge on any atom is 0.163 e. The van der Waals surface area contributed by atoms with Crippen LogP contribution in [0.3, 0.4) is 0 Å². The van der Waals surface area contributed by atoms with Gasteiger partial charge >= 0.3 is 0 Å². The highest BCUT2D eigenvalue weighted by molar-refractivity contribution is 5.93. The average molecular weight is 439 g/mol. The van der Waals surface area contributed by atoms with Gasteiger partial charge in [-0.3, -0.25) is 0 Å². The number of benzene rings is 2. The monoisotopic (exact) mass is 438 g/mol. The van der Waals surface area contributed by atoms with Crippen molar-refractivity contribution in [2.75, 3.05) is 5.32 Å². The number of aromatic nitrogens is 3. The van der Waals surface area contributed by atoms with Crippen LogP contribution >= 0.6 is 0 Å². The van der Waals surface area contributed by atoms with Crippen molar-refractivity contribution in [3.05, 3.63) is 77.5 Å². The molecule has 2 aromatic carbocycles. The number of rotatable bonds is 5. The summed E-state index contributed by atoms with van der Waals surface area (Å²) in [7, 11) is 0. The summed E-state index contributed by atoms with van der Waals surface area (Å²) in [5.74, 6) is 2.59. The Morgan fingerprint density at radius 2 is 1.52 bits per heavy atom. The standard InChI is InChI=1S/C29H34N4/c1-19-15-17-25(18-16-19)30-28-26-20(2)21(3)33(22(4)23-11-7-5-8-12-23)29(26)32-27(31-28)24-13-9-6-10-14-24/h5-14,19,22,25H,15-18H2,1-4H3,(H,30,31,32). The second-order valence-electron chi connectivity index (χ2n) is 9.73. The Morgan fingerprint density at radius 3 is 2.18 bits per heavy atom. The van der Waals surface area contributed by atoms with E-state index in [9.17, 15) is 0 Å². The Balaban J connectivity index is 1.68. The Bertz CT molecular complexity index is 1240. The van der Waals surface area contributed by atoms with E-state index < -0.39 is 0 Å². The second-order valence-corrected chi connectivity index (χ2v) is 9.73. The maximum absolute atomic E-state index is 5.15. The minimum atomic E-state index is 0.185. The zero-order valence-electron chi connectivity index (χ0n) is 20.2. The quantitative estimate of drug-likeness (QED) is 0.355. The summed E-state index contributed by atoms with van der Waals surface area (Å²) in [6.45, 7) is 9.06. The Kier molecular flexibility index (Phi) is 5.92. The fourth-order valence-electron chi connectivity index (χ4n) is 5.26. The highest BCUT2D eigenvalue weighted by atomic mass is 15.1. The van der Waals surface area contributed by atoms with Crippen LogP contribution in [0.5, 0.6) is 0 Å². The number of hydrogen-bond acceptors (Lipinski definition) is 3. The lowest BCUT2D eigenvalue weighted by Gasteiger charge is -2.27. The van der Waals surface area contributed by atoms with Crippen LogP contribution in [0.4, 0.5) is 5.82 Å². The first-order valence-electron chi connectivity index (χ1n) is 12.3. The number of nitrogens with zero attached hydrogens (tertiary/aromatic N) is 3. The zero-order chi connectivity index (χ0) is 22.9. The van der Waals surface area contributed by atoms with Gasteiger partial charge in [0.05, 0.1) is 11.4 Å². The van der Waals surface area contributed by atoms with Gasteiger partial charge in [-0.25, -0.2) is 9.97 Å². The molecule has 1 unspecified atom stereocenters. The van der Waals surface area contributed by atoms with Crippen LogP contribution in [0, 0.1) is 19.8 Å². The lowest BCUT2D eigenvalue weighted by molar-refractivity contribution is 0.361. The molecule has 1 aliphatic carbocycles. The fraction of sp³-hybridized carbons (Fsp3) is 0.379. The van der Waals surface area contributed by atoms with E-state index in [0.717, 1.165) is 34.2 Å². The molecule has 2 heterocycles. The lowest BCUT2D eigenvalue weighted by Crippen LogP contribution is -2.26. The molecule has 0 radical (unpaired) electrons. The van der Waals surface area contributed by atoms with Crippen LogP contribution < -0.4 is 5.32 Å². The molecule has 5 rings (SSSR count). The molecule has 0 bridgehead atoms. The smallest absolute Gasteiger partial charge is 0.163 e. The summed E-state index contributed by atoms with van der Waals surface area (Å²) in [5.41, 5.74) is 5.87. The molecule has 1 atom stereocenters. The lowest BCUT2D eigenvalue weighted by atomic mass is 9.87. The molecule has 1 fully saturated rings. The number of fused-ring (bicyclic) bond motifs is 1. The van der Waals surface area contributed by atoms with Crippen LogP contribution in [0.2, 0.25) is 0 Å². The predicted octanol–water partition coefficient (Wildman–Crippen LogP) is 7.32. The molecule has 4 nitrogen and oxygen atoms in total. The fourth-order valence-corrected chi connectivity index (χ4v) is 5.26. The van der Waals surface area contributed by atoms with Gasteiger partial charge in [0.1, 0.15) is 11.5 Å². The van der Waals surface area contributed by atoms with E-state index in [1.807, 2.05) is 6.07 Å². The predicted molar refractivity (Wildman–Crippen MR) is 138 cm³/mol. The van der Waals surface area contributed by atoms with Crippen LogP contribution in [0.25, 0.3) is 22.4 Å². The molecule has 0 saturated heterocycles. The first kappa shape index (κ1) is 21.7. The molecule has 4 aromatic rings. The SMILES string of the molecule is Cc1c(C)n(C(C)c2ccccc2)c2nc(-c3ccccc3)nc(NC3CCC(C)CC3)c12. The van der Waals surface area contributed by atoms with E-state index in [0.29, 0.717) is 6.04 Å². The Hall–Kier alpha value is -3.14. The number of hydrogen-bond donors (Lipinski definition) is 1. The molecule has 1 aliphatic rings. The van der Waals surface area contributed by atoms with Crippen LogP contribution in [-0.4, -0.2) is 20.6 Å². The van der Waals surface area contributed by atoms with Crippen molar-refractivity contribution in [3.8, 4) is 11.4 Å². The largest absolute Gasteiger partial charge is 0.367 e.